The van der Waals surface area contributed by atoms with E-state index < -0.39 is 5.82 Å². The standard InChI is InChI=1S/C8H3Cl2FN2O/c9-5-3-1-2-4(6(5)11)7-12-8(10)14-13-7/h1-3H. The summed E-state index contributed by atoms with van der Waals surface area (Å²) >= 11 is 11.0. The maximum Gasteiger partial charge on any atom is 0.320 e. The van der Waals surface area contributed by atoms with Gasteiger partial charge < -0.3 is 4.52 Å². The Labute approximate surface area is 88.4 Å². The lowest BCUT2D eigenvalue weighted by Gasteiger charge is -1.97. The summed E-state index contributed by atoms with van der Waals surface area (Å²) in [6.45, 7) is 0. The summed E-state index contributed by atoms with van der Waals surface area (Å²) in [6.07, 6.45) is 0. The van der Waals surface area contributed by atoms with E-state index in [4.69, 9.17) is 23.2 Å². The topological polar surface area (TPSA) is 38.9 Å². The molecule has 0 fully saturated rings. The molecule has 3 nitrogen and oxygen atoms in total. The Morgan fingerprint density at radius 2 is 2.07 bits per heavy atom. The molecule has 0 radical (unpaired) electrons. The van der Waals surface area contributed by atoms with Crippen molar-refractivity contribution in [2.24, 2.45) is 0 Å². The zero-order valence-electron chi connectivity index (χ0n) is 6.67. The molecule has 0 unspecified atom stereocenters. The molecule has 2 rings (SSSR count). The van der Waals surface area contributed by atoms with E-state index in [9.17, 15) is 4.39 Å². The highest BCUT2D eigenvalue weighted by molar-refractivity contribution is 6.31. The molecule has 0 aliphatic rings. The van der Waals surface area contributed by atoms with E-state index in [-0.39, 0.29) is 21.8 Å². The second-order valence-corrected chi connectivity index (χ2v) is 3.20. The Hall–Kier alpha value is -1.13. The van der Waals surface area contributed by atoms with Gasteiger partial charge in [-0.25, -0.2) is 4.39 Å². The van der Waals surface area contributed by atoms with Crippen molar-refractivity contribution in [3.05, 3.63) is 34.4 Å². The van der Waals surface area contributed by atoms with Gasteiger partial charge in [-0.1, -0.05) is 22.8 Å². The summed E-state index contributed by atoms with van der Waals surface area (Å²) in [5, 5.41) is 3.33. The highest BCUT2D eigenvalue weighted by Crippen LogP contribution is 2.25. The Morgan fingerprint density at radius 1 is 1.29 bits per heavy atom. The SMILES string of the molecule is Fc1c(Cl)cccc1-c1noc(Cl)n1. The van der Waals surface area contributed by atoms with Crippen LogP contribution in [0.3, 0.4) is 0 Å². The number of halogens is 3. The summed E-state index contributed by atoms with van der Waals surface area (Å²) in [5.41, 5.74) is 0.160. The fraction of sp³-hybridized carbons (Fsp3) is 0. The molecule has 0 saturated heterocycles. The molecule has 0 spiro atoms. The van der Waals surface area contributed by atoms with Crippen LogP contribution >= 0.6 is 23.2 Å². The average molecular weight is 233 g/mol. The van der Waals surface area contributed by atoms with Crippen molar-refractivity contribution in [3.63, 3.8) is 0 Å². The first kappa shape index (κ1) is 9.43. The van der Waals surface area contributed by atoms with Crippen molar-refractivity contribution in [2.45, 2.75) is 0 Å². The van der Waals surface area contributed by atoms with E-state index in [2.05, 4.69) is 14.7 Å². The number of aromatic nitrogens is 2. The van der Waals surface area contributed by atoms with Crippen LogP contribution in [0.25, 0.3) is 11.4 Å². The largest absolute Gasteiger partial charge is 0.321 e. The Balaban J connectivity index is 2.57. The molecule has 0 aliphatic carbocycles. The molecule has 72 valence electrons. The van der Waals surface area contributed by atoms with Crippen LogP contribution in [-0.4, -0.2) is 10.1 Å². The molecule has 0 saturated carbocycles. The first-order valence-electron chi connectivity index (χ1n) is 3.62. The normalized spacial score (nSPS) is 10.5. The summed E-state index contributed by atoms with van der Waals surface area (Å²) in [7, 11) is 0. The van der Waals surface area contributed by atoms with E-state index in [0.29, 0.717) is 0 Å². The third-order valence-electron chi connectivity index (χ3n) is 1.59. The van der Waals surface area contributed by atoms with Crippen molar-refractivity contribution < 1.29 is 8.91 Å². The van der Waals surface area contributed by atoms with Crippen molar-refractivity contribution in [1.82, 2.24) is 10.1 Å². The van der Waals surface area contributed by atoms with Gasteiger partial charge >= 0.3 is 5.35 Å². The summed E-state index contributed by atoms with van der Waals surface area (Å²) in [6, 6.07) is 4.51. The van der Waals surface area contributed by atoms with Gasteiger partial charge in [-0.05, 0) is 23.7 Å². The van der Waals surface area contributed by atoms with Gasteiger partial charge in [-0.2, -0.15) is 4.98 Å². The molecular weight excluding hydrogens is 230 g/mol. The molecular formula is C8H3Cl2FN2O. The third-order valence-corrected chi connectivity index (χ3v) is 2.04. The van der Waals surface area contributed by atoms with E-state index in [1.807, 2.05) is 0 Å². The van der Waals surface area contributed by atoms with Crippen molar-refractivity contribution in [3.8, 4) is 11.4 Å². The number of rotatable bonds is 1. The molecule has 0 amide bonds. The van der Waals surface area contributed by atoms with Gasteiger partial charge in [0.1, 0.15) is 0 Å². The first-order chi connectivity index (χ1) is 6.68. The van der Waals surface area contributed by atoms with Crippen molar-refractivity contribution in [2.75, 3.05) is 0 Å². The van der Waals surface area contributed by atoms with Crippen molar-refractivity contribution in [1.29, 1.82) is 0 Å². The van der Waals surface area contributed by atoms with Crippen LogP contribution < -0.4 is 0 Å². The Bertz CT molecular complexity index is 472. The van der Waals surface area contributed by atoms with E-state index in [1.54, 1.807) is 6.07 Å². The summed E-state index contributed by atoms with van der Waals surface area (Å²) in [4.78, 5) is 3.67. The van der Waals surface area contributed by atoms with Crippen LogP contribution in [-0.2, 0) is 0 Å². The van der Waals surface area contributed by atoms with Crippen LogP contribution in [0.4, 0.5) is 4.39 Å². The monoisotopic (exact) mass is 232 g/mol. The molecule has 1 aromatic heterocycles. The highest BCUT2D eigenvalue weighted by atomic mass is 35.5. The van der Waals surface area contributed by atoms with Crippen LogP contribution in [0.15, 0.2) is 22.7 Å². The van der Waals surface area contributed by atoms with Crippen LogP contribution in [0.2, 0.25) is 10.4 Å². The van der Waals surface area contributed by atoms with E-state index in [1.165, 1.54) is 12.1 Å². The van der Waals surface area contributed by atoms with Gasteiger partial charge in [0.05, 0.1) is 10.6 Å². The number of benzene rings is 1. The highest BCUT2D eigenvalue weighted by Gasteiger charge is 2.13. The lowest BCUT2D eigenvalue weighted by molar-refractivity contribution is 0.420. The minimum absolute atomic E-state index is 0.00317. The second kappa shape index (κ2) is 3.55. The predicted molar refractivity (Wildman–Crippen MR) is 49.7 cm³/mol. The fourth-order valence-electron chi connectivity index (χ4n) is 0.991. The van der Waals surface area contributed by atoms with Gasteiger partial charge in [0.2, 0.25) is 5.82 Å². The number of nitrogens with zero attached hydrogens (tertiary/aromatic N) is 2. The summed E-state index contributed by atoms with van der Waals surface area (Å²) < 4.78 is 17.9. The predicted octanol–water partition coefficient (Wildman–Crippen LogP) is 3.18. The van der Waals surface area contributed by atoms with Gasteiger partial charge in [0.15, 0.2) is 5.82 Å². The summed E-state index contributed by atoms with van der Waals surface area (Å²) in [5.74, 6) is -0.512. The molecule has 14 heavy (non-hydrogen) atoms. The van der Waals surface area contributed by atoms with Gasteiger partial charge in [-0.15, -0.1) is 0 Å². The van der Waals surface area contributed by atoms with Gasteiger partial charge in [-0.3, -0.25) is 0 Å². The smallest absolute Gasteiger partial charge is 0.320 e. The number of hydrogen-bond donors (Lipinski definition) is 0. The minimum Gasteiger partial charge on any atom is -0.321 e. The molecule has 0 atom stereocenters. The maximum atomic E-state index is 13.4. The molecule has 2 aromatic rings. The molecule has 6 heteroatoms. The zero-order chi connectivity index (χ0) is 10.1. The minimum atomic E-state index is -0.591. The molecule has 0 aliphatic heterocycles. The van der Waals surface area contributed by atoms with Crippen molar-refractivity contribution >= 4 is 23.2 Å². The number of hydrogen-bond acceptors (Lipinski definition) is 3. The van der Waals surface area contributed by atoms with Crippen LogP contribution in [0, 0.1) is 5.82 Å². The van der Waals surface area contributed by atoms with Crippen LogP contribution in [0.1, 0.15) is 0 Å². The van der Waals surface area contributed by atoms with Gasteiger partial charge in [0, 0.05) is 0 Å². The molecule has 1 heterocycles. The second-order valence-electron chi connectivity index (χ2n) is 2.47. The third kappa shape index (κ3) is 1.58. The zero-order valence-corrected chi connectivity index (χ0v) is 8.18. The molecule has 0 N–H and O–H groups in total. The van der Waals surface area contributed by atoms with Gasteiger partial charge in [0.25, 0.3) is 0 Å². The molecule has 1 aromatic carbocycles. The quantitative estimate of drug-likeness (QED) is 0.759. The molecule has 0 bridgehead atoms. The Morgan fingerprint density at radius 3 is 2.71 bits per heavy atom. The van der Waals surface area contributed by atoms with Crippen LogP contribution in [0.5, 0.6) is 0 Å². The van der Waals surface area contributed by atoms with E-state index in [0.717, 1.165) is 0 Å². The fourth-order valence-corrected chi connectivity index (χ4v) is 1.28. The lowest BCUT2D eigenvalue weighted by atomic mass is 10.2. The maximum absolute atomic E-state index is 13.4. The van der Waals surface area contributed by atoms with E-state index >= 15 is 0 Å². The first-order valence-corrected chi connectivity index (χ1v) is 4.37. The average Bonchev–Trinajstić information content (AvgIpc) is 2.57. The lowest BCUT2D eigenvalue weighted by Crippen LogP contribution is -1.86. The Kier molecular flexibility index (Phi) is 2.39.